The van der Waals surface area contributed by atoms with Crippen LogP contribution in [0.1, 0.15) is 32.1 Å². The van der Waals surface area contributed by atoms with Gasteiger partial charge in [-0.1, -0.05) is 48.6 Å². The summed E-state index contributed by atoms with van der Waals surface area (Å²) >= 11 is 3.86. The van der Waals surface area contributed by atoms with Gasteiger partial charge in [-0.25, -0.2) is 0 Å². The first-order valence-electron chi connectivity index (χ1n) is 12.7. The Kier molecular flexibility index (Phi) is 25.6. The normalized spacial score (nSPS) is 20.3. The van der Waals surface area contributed by atoms with E-state index in [4.69, 9.17) is 9.47 Å². The monoisotopic (exact) mass is 519 g/mol. The van der Waals surface area contributed by atoms with Gasteiger partial charge >= 0.3 is 0 Å². The van der Waals surface area contributed by atoms with Crippen LogP contribution in [0.3, 0.4) is 0 Å². The predicted molar refractivity (Wildman–Crippen MR) is 159 cm³/mol. The second kappa shape index (κ2) is 28.6. The summed E-state index contributed by atoms with van der Waals surface area (Å²) in [5.74, 6) is 3.78. The molecule has 0 radical (unpaired) electrons. The Bertz CT molecular complexity index is 459. The topological polar surface area (TPSA) is 54.9 Å². The first kappa shape index (κ1) is 31.4. The Morgan fingerprint density at radius 2 is 1.60 bits per heavy atom. The number of ether oxygens (including phenoxy) is 2. The molecule has 0 aromatic rings. The fourth-order valence-electron chi connectivity index (χ4n) is 2.65. The molecule has 5 nitrogen and oxygen atoms in total. The number of hydrogen-bond acceptors (Lipinski definition) is 7. The molecule has 2 N–H and O–H groups in total. The van der Waals surface area contributed by atoms with Crippen molar-refractivity contribution >= 4 is 29.7 Å². The van der Waals surface area contributed by atoms with Crippen LogP contribution in [-0.4, -0.2) is 69.5 Å². The molecule has 7 aliphatic heterocycles. The second-order valence-electron chi connectivity index (χ2n) is 7.59. The molecule has 0 bridgehead atoms. The van der Waals surface area contributed by atoms with Gasteiger partial charge in [0.2, 0.25) is 0 Å². The van der Waals surface area contributed by atoms with Crippen molar-refractivity contribution in [2.75, 3.05) is 63.3 Å². The predicted octanol–water partition coefficient (Wildman–Crippen LogP) is 5.91. The van der Waals surface area contributed by atoms with Gasteiger partial charge in [0.05, 0.1) is 26.1 Å². The Morgan fingerprint density at radius 3 is 1.80 bits per heavy atom. The van der Waals surface area contributed by atoms with Crippen molar-refractivity contribution in [2.45, 2.75) is 32.1 Å². The summed E-state index contributed by atoms with van der Waals surface area (Å²) in [5, 5.41) is 8.31. The summed E-state index contributed by atoms with van der Waals surface area (Å²) in [7, 11) is 0. The lowest BCUT2D eigenvalue weighted by molar-refractivity contribution is 0.213. The van der Waals surface area contributed by atoms with Crippen LogP contribution in [0.2, 0.25) is 0 Å². The highest BCUT2D eigenvalue weighted by molar-refractivity contribution is 8.02. The molecule has 0 aromatic heterocycles. The van der Waals surface area contributed by atoms with Gasteiger partial charge in [-0.05, 0) is 49.6 Å². The fraction of sp³-hybridized carbons (Fsp3) is 0.536. The van der Waals surface area contributed by atoms with Crippen LogP contribution >= 0.6 is 23.5 Å². The van der Waals surface area contributed by atoms with E-state index >= 15 is 0 Å². The summed E-state index contributed by atoms with van der Waals surface area (Å²) in [4.78, 5) is 3.96. The van der Waals surface area contributed by atoms with Crippen LogP contribution in [0.25, 0.3) is 0 Å². The van der Waals surface area contributed by atoms with Crippen LogP contribution in [0.5, 0.6) is 0 Å². The molecule has 0 aromatic carbocycles. The molecule has 0 atom stereocenters. The molecule has 0 fully saturated rings. The zero-order chi connectivity index (χ0) is 24.7. The van der Waals surface area contributed by atoms with Gasteiger partial charge < -0.3 is 20.1 Å². The highest BCUT2D eigenvalue weighted by atomic mass is 32.2. The van der Waals surface area contributed by atoms with E-state index < -0.39 is 0 Å². The van der Waals surface area contributed by atoms with Gasteiger partial charge in [0.25, 0.3) is 0 Å². The van der Waals surface area contributed by atoms with Crippen LogP contribution in [-0.2, 0) is 9.47 Å². The van der Waals surface area contributed by atoms with E-state index in [0.717, 1.165) is 52.4 Å². The third-order valence-electron chi connectivity index (χ3n) is 4.51. The Morgan fingerprint density at radius 1 is 0.771 bits per heavy atom. The Labute approximate surface area is 222 Å². The molecule has 0 saturated heterocycles. The first-order chi connectivity index (χ1) is 17.5. The zero-order valence-corrected chi connectivity index (χ0v) is 22.8. The summed E-state index contributed by atoms with van der Waals surface area (Å²) in [6.45, 7) is 6.88. The summed E-state index contributed by atoms with van der Waals surface area (Å²) < 4.78 is 9.60. The van der Waals surface area contributed by atoms with Crippen molar-refractivity contribution in [3.63, 3.8) is 0 Å². The number of aliphatic imine (C=N–C) groups is 1. The van der Waals surface area contributed by atoms with E-state index in [1.807, 2.05) is 54.2 Å². The molecule has 7 rings (SSSR count). The van der Waals surface area contributed by atoms with Gasteiger partial charge in [0, 0.05) is 49.9 Å². The van der Waals surface area contributed by atoms with Gasteiger partial charge in [-0.3, -0.25) is 4.99 Å². The van der Waals surface area contributed by atoms with Crippen LogP contribution < -0.4 is 10.6 Å². The van der Waals surface area contributed by atoms with E-state index in [-0.39, 0.29) is 0 Å². The maximum absolute atomic E-state index is 4.83. The van der Waals surface area contributed by atoms with Gasteiger partial charge in [0.15, 0.2) is 0 Å². The average Bonchev–Trinajstić information content (AvgIpc) is 3.81. The SMILES string of the molecule is C1=CCNC1.C1=CCOC1.C1=CCSC1.C1=CNCC1.C1=COCC1.C1=CSCC1.C1=NCCC1. The van der Waals surface area contributed by atoms with E-state index in [1.165, 1.54) is 42.9 Å². The highest BCUT2D eigenvalue weighted by Crippen LogP contribution is 2.11. The quantitative estimate of drug-likeness (QED) is 0.388. The lowest BCUT2D eigenvalue weighted by Crippen LogP contribution is -2.04. The lowest BCUT2D eigenvalue weighted by atomic mass is 10.4. The molecule has 7 aliphatic rings. The largest absolute Gasteiger partial charge is 0.501 e. The van der Waals surface area contributed by atoms with E-state index in [1.54, 1.807) is 6.26 Å². The van der Waals surface area contributed by atoms with Gasteiger partial charge in [0.1, 0.15) is 0 Å². The van der Waals surface area contributed by atoms with Crippen molar-refractivity contribution in [2.24, 2.45) is 4.99 Å². The average molecular weight is 520 g/mol. The molecular weight excluding hydrogens is 474 g/mol. The molecule has 7 heteroatoms. The number of nitrogens with one attached hydrogen (secondary N) is 2. The van der Waals surface area contributed by atoms with Crippen LogP contribution in [0, 0.1) is 0 Å². The Hall–Kier alpha value is -1.67. The summed E-state index contributed by atoms with van der Waals surface area (Å²) in [6, 6.07) is 0. The van der Waals surface area contributed by atoms with Crippen LogP contribution in [0.4, 0.5) is 0 Å². The summed E-state index contributed by atoms with van der Waals surface area (Å²) in [6.07, 6.45) is 30.8. The first-order valence-corrected chi connectivity index (χ1v) is 14.9. The molecule has 0 saturated carbocycles. The fourth-order valence-corrected chi connectivity index (χ4v) is 4.01. The Balaban J connectivity index is 0.000000204. The van der Waals surface area contributed by atoms with Crippen molar-refractivity contribution < 1.29 is 9.47 Å². The molecule has 0 amide bonds. The molecular formula is C28H45N3O2S2. The maximum atomic E-state index is 4.83. The van der Waals surface area contributed by atoms with Gasteiger partial charge in [-0.2, -0.15) is 11.8 Å². The molecule has 7 heterocycles. The number of thioether (sulfide) groups is 2. The molecule has 196 valence electrons. The minimum Gasteiger partial charge on any atom is -0.501 e. The van der Waals surface area contributed by atoms with Crippen molar-refractivity contribution in [3.05, 3.63) is 72.6 Å². The van der Waals surface area contributed by atoms with E-state index in [2.05, 4.69) is 57.5 Å². The number of allylic oxidation sites excluding steroid dienone is 1. The number of nitrogens with zero attached hydrogens (tertiary/aromatic N) is 1. The molecule has 0 aliphatic carbocycles. The second-order valence-corrected chi connectivity index (χ2v) is 9.67. The summed E-state index contributed by atoms with van der Waals surface area (Å²) in [5.41, 5.74) is 0. The zero-order valence-electron chi connectivity index (χ0n) is 21.2. The smallest absolute Gasteiger partial charge is 0.0908 e. The van der Waals surface area contributed by atoms with Crippen molar-refractivity contribution in [1.29, 1.82) is 0 Å². The molecule has 0 spiro atoms. The number of rotatable bonds is 0. The van der Waals surface area contributed by atoms with E-state index in [9.17, 15) is 0 Å². The minimum absolute atomic E-state index is 0.819. The lowest BCUT2D eigenvalue weighted by Gasteiger charge is -1.79. The molecule has 0 unspecified atom stereocenters. The standard InChI is InChI=1S/3C4H7N.2C4H6O.2C4H6S/c7*1-2-4-5-3-1/h3H,1-2,4H2;1,3,5H,2,4H2;1-2,5H,3-4H2;1,3H,2,4H2;1-2H,3-4H2;1,3H,2,4H2;1-2H,3-4H2. The highest BCUT2D eigenvalue weighted by Gasteiger charge is 1.87. The van der Waals surface area contributed by atoms with Crippen molar-refractivity contribution in [1.82, 2.24) is 10.6 Å². The van der Waals surface area contributed by atoms with E-state index in [0.29, 0.717) is 0 Å². The van der Waals surface area contributed by atoms with Crippen LogP contribution in [0.15, 0.2) is 77.5 Å². The number of hydrogen-bond donors (Lipinski definition) is 2. The molecule has 35 heavy (non-hydrogen) atoms. The minimum atomic E-state index is 0.819. The van der Waals surface area contributed by atoms with Gasteiger partial charge in [-0.15, -0.1) is 11.8 Å². The third kappa shape index (κ3) is 26.8. The third-order valence-corrected chi connectivity index (χ3v) is 6.22. The maximum Gasteiger partial charge on any atom is 0.0908 e. The van der Waals surface area contributed by atoms with Crippen molar-refractivity contribution in [3.8, 4) is 0 Å².